The molecule has 1 saturated heterocycles. The van der Waals surface area contributed by atoms with E-state index in [4.69, 9.17) is 4.98 Å². The van der Waals surface area contributed by atoms with Gasteiger partial charge in [-0.15, -0.1) is 0 Å². The Morgan fingerprint density at radius 3 is 2.39 bits per heavy atom. The maximum Gasteiger partial charge on any atom is 0.261 e. The first kappa shape index (κ1) is 22.8. The van der Waals surface area contributed by atoms with E-state index in [0.29, 0.717) is 34.8 Å². The molecule has 2 fully saturated rings. The van der Waals surface area contributed by atoms with Crippen LogP contribution in [0.5, 0.6) is 11.5 Å². The van der Waals surface area contributed by atoms with Crippen molar-refractivity contribution in [2.24, 2.45) is 11.8 Å². The van der Waals surface area contributed by atoms with Crippen LogP contribution in [0.2, 0.25) is 0 Å². The molecule has 3 aromatic carbocycles. The number of hydrogen-bond donors (Lipinski definition) is 2. The van der Waals surface area contributed by atoms with Gasteiger partial charge in [-0.1, -0.05) is 36.8 Å². The number of phenols is 2. The summed E-state index contributed by atoms with van der Waals surface area (Å²) in [4.78, 5) is 21.4. The molecule has 2 N–H and O–H groups in total. The third kappa shape index (κ3) is 4.37. The lowest BCUT2D eigenvalue weighted by atomic mass is 9.85. The second-order valence-electron chi connectivity index (χ2n) is 10.4. The smallest absolute Gasteiger partial charge is 0.261 e. The molecule has 4 aromatic rings. The van der Waals surface area contributed by atoms with Crippen LogP contribution in [0.3, 0.4) is 0 Å². The zero-order valence-electron chi connectivity index (χ0n) is 20.3. The van der Waals surface area contributed by atoms with Crippen LogP contribution < -0.4 is 5.56 Å². The van der Waals surface area contributed by atoms with Crippen molar-refractivity contribution < 1.29 is 10.2 Å². The Morgan fingerprint density at radius 2 is 1.64 bits per heavy atom. The minimum atomic E-state index is -0.0867. The van der Waals surface area contributed by atoms with E-state index in [1.807, 2.05) is 42.5 Å². The molecule has 1 aliphatic heterocycles. The topological polar surface area (TPSA) is 78.6 Å². The molecule has 1 aromatic heterocycles. The molecule has 0 spiro atoms. The molecular formula is C30H31N3O3. The number of rotatable bonds is 6. The minimum absolute atomic E-state index is 0.0867. The third-order valence-electron chi connectivity index (χ3n) is 7.85. The Balaban J connectivity index is 1.40. The molecule has 184 valence electrons. The van der Waals surface area contributed by atoms with Gasteiger partial charge in [0.15, 0.2) is 0 Å². The fraction of sp³-hybridized carbons (Fsp3) is 0.333. The summed E-state index contributed by atoms with van der Waals surface area (Å²) in [6.07, 6.45) is 5.10. The van der Waals surface area contributed by atoms with E-state index in [1.54, 1.807) is 28.8 Å². The Kier molecular flexibility index (Phi) is 5.97. The van der Waals surface area contributed by atoms with Crippen molar-refractivity contribution in [3.63, 3.8) is 0 Å². The fourth-order valence-corrected chi connectivity index (χ4v) is 5.62. The molecule has 6 rings (SSSR count). The van der Waals surface area contributed by atoms with Gasteiger partial charge >= 0.3 is 0 Å². The highest BCUT2D eigenvalue weighted by atomic mass is 16.3. The van der Waals surface area contributed by atoms with E-state index in [1.165, 1.54) is 25.8 Å². The van der Waals surface area contributed by atoms with Crippen LogP contribution in [0.4, 0.5) is 0 Å². The molecular weight excluding hydrogens is 450 g/mol. The molecule has 2 aliphatic rings. The number of para-hydroxylation sites is 1. The molecule has 2 heterocycles. The van der Waals surface area contributed by atoms with Gasteiger partial charge in [-0.2, -0.15) is 0 Å². The molecule has 6 heteroatoms. The summed E-state index contributed by atoms with van der Waals surface area (Å²) < 4.78 is 1.77. The Morgan fingerprint density at radius 1 is 0.861 bits per heavy atom. The van der Waals surface area contributed by atoms with Gasteiger partial charge in [-0.05, 0) is 85.2 Å². The zero-order chi connectivity index (χ0) is 24.6. The summed E-state index contributed by atoms with van der Waals surface area (Å²) in [6.45, 7) is 3.82. The Hall–Kier alpha value is -3.64. The number of likely N-dealkylation sites (tertiary alicyclic amines) is 1. The largest absolute Gasteiger partial charge is 0.508 e. The molecule has 1 saturated carbocycles. The Bertz CT molecular complexity index is 1460. The standard InChI is InChI=1S/C30H31N3O3/c34-24-11-8-22(9-12-24)23-10-13-27-26(16-23)30(36)33(29(31-27)25-6-1-2-7-28(25)35)19-21-14-15-32(18-21)17-20-4-3-5-20/h1-2,6-13,16,20-21,34-35H,3-5,14-15,17-19H2. The molecule has 0 amide bonds. The van der Waals surface area contributed by atoms with Crippen LogP contribution in [-0.4, -0.2) is 44.3 Å². The van der Waals surface area contributed by atoms with Gasteiger partial charge < -0.3 is 15.1 Å². The predicted molar refractivity (Wildman–Crippen MR) is 142 cm³/mol. The van der Waals surface area contributed by atoms with E-state index in [0.717, 1.165) is 36.6 Å². The van der Waals surface area contributed by atoms with E-state index in [2.05, 4.69) is 4.90 Å². The average molecular weight is 482 g/mol. The highest BCUT2D eigenvalue weighted by Crippen LogP contribution is 2.32. The van der Waals surface area contributed by atoms with Gasteiger partial charge in [0.25, 0.3) is 5.56 Å². The monoisotopic (exact) mass is 481 g/mol. The van der Waals surface area contributed by atoms with Crippen molar-refractivity contribution >= 4 is 10.9 Å². The lowest BCUT2D eigenvalue weighted by molar-refractivity contribution is 0.199. The van der Waals surface area contributed by atoms with Crippen LogP contribution in [0, 0.1) is 11.8 Å². The van der Waals surface area contributed by atoms with Crippen LogP contribution in [-0.2, 0) is 6.54 Å². The minimum Gasteiger partial charge on any atom is -0.508 e. The lowest BCUT2D eigenvalue weighted by Gasteiger charge is -2.30. The van der Waals surface area contributed by atoms with E-state index < -0.39 is 0 Å². The number of nitrogens with zero attached hydrogens (tertiary/aromatic N) is 3. The second kappa shape index (κ2) is 9.43. The van der Waals surface area contributed by atoms with Crippen LogP contribution in [0.15, 0.2) is 71.5 Å². The average Bonchev–Trinajstić information content (AvgIpc) is 3.31. The normalized spacial score (nSPS) is 18.5. The van der Waals surface area contributed by atoms with Crippen molar-refractivity contribution in [2.45, 2.75) is 32.2 Å². The zero-order valence-corrected chi connectivity index (χ0v) is 20.3. The van der Waals surface area contributed by atoms with E-state index in [9.17, 15) is 15.0 Å². The van der Waals surface area contributed by atoms with Gasteiger partial charge in [0.05, 0.1) is 16.5 Å². The second-order valence-corrected chi connectivity index (χ2v) is 10.4. The third-order valence-corrected chi connectivity index (χ3v) is 7.85. The molecule has 36 heavy (non-hydrogen) atoms. The van der Waals surface area contributed by atoms with Crippen LogP contribution >= 0.6 is 0 Å². The number of aromatic hydroxyl groups is 2. The lowest BCUT2D eigenvalue weighted by Crippen LogP contribution is -2.32. The van der Waals surface area contributed by atoms with Crippen molar-refractivity contribution in [1.29, 1.82) is 0 Å². The van der Waals surface area contributed by atoms with Gasteiger partial charge in [0.2, 0.25) is 0 Å². The first-order chi connectivity index (χ1) is 17.5. The maximum atomic E-state index is 14.0. The quantitative estimate of drug-likeness (QED) is 0.393. The van der Waals surface area contributed by atoms with Gasteiger partial charge in [0.1, 0.15) is 17.3 Å². The molecule has 1 aliphatic carbocycles. The van der Waals surface area contributed by atoms with Crippen molar-refractivity contribution in [1.82, 2.24) is 14.5 Å². The molecule has 0 bridgehead atoms. The summed E-state index contributed by atoms with van der Waals surface area (Å²) in [5.74, 6) is 2.05. The molecule has 0 radical (unpaired) electrons. The number of benzene rings is 3. The summed E-state index contributed by atoms with van der Waals surface area (Å²) in [5, 5.41) is 20.8. The van der Waals surface area contributed by atoms with E-state index in [-0.39, 0.29) is 17.1 Å². The molecule has 6 nitrogen and oxygen atoms in total. The molecule has 1 unspecified atom stereocenters. The van der Waals surface area contributed by atoms with Gasteiger partial charge in [0, 0.05) is 19.6 Å². The molecule has 1 atom stereocenters. The van der Waals surface area contributed by atoms with Crippen molar-refractivity contribution in [3.8, 4) is 34.0 Å². The van der Waals surface area contributed by atoms with Gasteiger partial charge in [-0.3, -0.25) is 9.36 Å². The SMILES string of the molecule is O=c1c2cc(-c3ccc(O)cc3)ccc2nc(-c2ccccc2O)n1CC1CCN(CC2CCC2)C1. The first-order valence-electron chi connectivity index (χ1n) is 12.9. The summed E-state index contributed by atoms with van der Waals surface area (Å²) >= 11 is 0. The summed E-state index contributed by atoms with van der Waals surface area (Å²) in [7, 11) is 0. The summed E-state index contributed by atoms with van der Waals surface area (Å²) in [5.41, 5.74) is 2.92. The summed E-state index contributed by atoms with van der Waals surface area (Å²) in [6, 6.07) is 19.8. The maximum absolute atomic E-state index is 14.0. The Labute approximate surface area is 210 Å². The van der Waals surface area contributed by atoms with Gasteiger partial charge in [-0.25, -0.2) is 4.98 Å². The number of hydrogen-bond acceptors (Lipinski definition) is 5. The number of phenolic OH excluding ortho intramolecular Hbond substituents is 2. The number of aromatic nitrogens is 2. The fourth-order valence-electron chi connectivity index (χ4n) is 5.62. The van der Waals surface area contributed by atoms with Crippen molar-refractivity contribution in [3.05, 3.63) is 77.1 Å². The first-order valence-corrected chi connectivity index (χ1v) is 12.9. The highest BCUT2D eigenvalue weighted by molar-refractivity contribution is 5.85. The number of fused-ring (bicyclic) bond motifs is 1. The van der Waals surface area contributed by atoms with Crippen molar-refractivity contribution in [2.75, 3.05) is 19.6 Å². The predicted octanol–water partition coefficient (Wildman–Crippen LogP) is 5.26. The van der Waals surface area contributed by atoms with Crippen LogP contribution in [0.1, 0.15) is 25.7 Å². The highest BCUT2D eigenvalue weighted by Gasteiger charge is 2.28. The van der Waals surface area contributed by atoms with E-state index >= 15 is 0 Å². The van der Waals surface area contributed by atoms with Crippen LogP contribution in [0.25, 0.3) is 33.4 Å².